The molecule has 1 aliphatic heterocycles. The van der Waals surface area contributed by atoms with Gasteiger partial charge in [-0.2, -0.15) is 9.61 Å². The number of halogens is 1. The van der Waals surface area contributed by atoms with E-state index in [1.165, 1.54) is 0 Å². The number of hydrogen-bond acceptors (Lipinski definition) is 5. The lowest BCUT2D eigenvalue weighted by Crippen LogP contribution is -2.46. The Morgan fingerprint density at radius 3 is 2.45 bits per heavy atom. The van der Waals surface area contributed by atoms with Crippen LogP contribution in [0.1, 0.15) is 17.0 Å². The molecule has 1 fully saturated rings. The molecular weight excluding hydrogens is 434 g/mol. The summed E-state index contributed by atoms with van der Waals surface area (Å²) in [6.45, 7) is 8.67. The van der Waals surface area contributed by atoms with Crippen LogP contribution in [-0.4, -0.2) is 52.8 Å². The molecule has 0 amide bonds. The second kappa shape index (κ2) is 9.04. The van der Waals surface area contributed by atoms with E-state index in [0.29, 0.717) is 0 Å². The SMILES string of the molecule is COc1ccc(Cl)cc1CN1CCN(c2cc(C)nc3c(-c4ccccc4)c(C)nn23)CC1. The van der Waals surface area contributed by atoms with E-state index >= 15 is 0 Å². The van der Waals surface area contributed by atoms with Gasteiger partial charge in [-0.15, -0.1) is 0 Å². The predicted octanol–water partition coefficient (Wildman–Crippen LogP) is 5.00. The van der Waals surface area contributed by atoms with Gasteiger partial charge in [0, 0.05) is 60.6 Å². The molecule has 0 unspecified atom stereocenters. The van der Waals surface area contributed by atoms with Crippen molar-refractivity contribution in [3.05, 3.63) is 76.6 Å². The lowest BCUT2D eigenvalue weighted by atomic mass is 10.1. The van der Waals surface area contributed by atoms with Crippen LogP contribution in [0.15, 0.2) is 54.6 Å². The van der Waals surface area contributed by atoms with Crippen molar-refractivity contribution in [1.82, 2.24) is 19.5 Å². The second-order valence-corrected chi connectivity index (χ2v) is 8.97. The van der Waals surface area contributed by atoms with E-state index in [1.807, 2.05) is 28.8 Å². The summed E-state index contributed by atoms with van der Waals surface area (Å²) in [6.07, 6.45) is 0. The monoisotopic (exact) mass is 461 g/mol. The zero-order chi connectivity index (χ0) is 22.9. The largest absolute Gasteiger partial charge is 0.496 e. The van der Waals surface area contributed by atoms with Gasteiger partial charge in [0.1, 0.15) is 11.6 Å². The fourth-order valence-electron chi connectivity index (χ4n) is 4.64. The molecule has 5 rings (SSSR count). The highest BCUT2D eigenvalue weighted by atomic mass is 35.5. The molecular formula is C26H28ClN5O. The third kappa shape index (κ3) is 4.28. The Labute approximate surface area is 199 Å². The Bertz CT molecular complexity index is 1280. The zero-order valence-electron chi connectivity index (χ0n) is 19.3. The van der Waals surface area contributed by atoms with Crippen LogP contribution in [0, 0.1) is 13.8 Å². The summed E-state index contributed by atoms with van der Waals surface area (Å²) in [5, 5.41) is 5.63. The molecule has 170 valence electrons. The van der Waals surface area contributed by atoms with Crippen LogP contribution < -0.4 is 9.64 Å². The Hall–Kier alpha value is -3.09. The topological polar surface area (TPSA) is 45.9 Å². The van der Waals surface area contributed by atoms with E-state index in [9.17, 15) is 0 Å². The number of methoxy groups -OCH3 is 1. The van der Waals surface area contributed by atoms with Crippen molar-refractivity contribution in [2.45, 2.75) is 20.4 Å². The van der Waals surface area contributed by atoms with Crippen LogP contribution in [0.4, 0.5) is 5.82 Å². The minimum absolute atomic E-state index is 0.738. The maximum atomic E-state index is 6.23. The summed E-state index contributed by atoms with van der Waals surface area (Å²) >= 11 is 6.23. The third-order valence-corrected chi connectivity index (χ3v) is 6.50. The van der Waals surface area contributed by atoms with Gasteiger partial charge < -0.3 is 9.64 Å². The lowest BCUT2D eigenvalue weighted by molar-refractivity contribution is 0.245. The first kappa shape index (κ1) is 21.7. The molecule has 7 heteroatoms. The van der Waals surface area contributed by atoms with Gasteiger partial charge in [-0.3, -0.25) is 4.90 Å². The van der Waals surface area contributed by atoms with Crippen LogP contribution in [0.3, 0.4) is 0 Å². The Morgan fingerprint density at radius 1 is 0.970 bits per heavy atom. The highest BCUT2D eigenvalue weighted by Crippen LogP contribution is 2.31. The molecule has 0 bridgehead atoms. The maximum absolute atomic E-state index is 6.23. The lowest BCUT2D eigenvalue weighted by Gasteiger charge is -2.36. The van der Waals surface area contributed by atoms with Gasteiger partial charge in [0.25, 0.3) is 0 Å². The molecule has 3 heterocycles. The van der Waals surface area contributed by atoms with Gasteiger partial charge in [-0.25, -0.2) is 4.98 Å². The van der Waals surface area contributed by atoms with Crippen molar-refractivity contribution in [2.24, 2.45) is 0 Å². The summed E-state index contributed by atoms with van der Waals surface area (Å²) in [5.74, 6) is 1.98. The highest BCUT2D eigenvalue weighted by molar-refractivity contribution is 6.30. The summed E-state index contributed by atoms with van der Waals surface area (Å²) in [5.41, 5.74) is 6.28. The summed E-state index contributed by atoms with van der Waals surface area (Å²) in [7, 11) is 1.71. The molecule has 1 saturated heterocycles. The fraction of sp³-hybridized carbons (Fsp3) is 0.308. The molecule has 33 heavy (non-hydrogen) atoms. The number of piperazine rings is 1. The van der Waals surface area contributed by atoms with Gasteiger partial charge in [-0.1, -0.05) is 41.9 Å². The van der Waals surface area contributed by atoms with Gasteiger partial charge in [-0.05, 0) is 37.6 Å². The molecule has 0 spiro atoms. The fourth-order valence-corrected chi connectivity index (χ4v) is 4.83. The zero-order valence-corrected chi connectivity index (χ0v) is 20.0. The van der Waals surface area contributed by atoms with Crippen molar-refractivity contribution in [2.75, 3.05) is 38.2 Å². The minimum atomic E-state index is 0.738. The molecule has 6 nitrogen and oxygen atoms in total. The van der Waals surface area contributed by atoms with Gasteiger partial charge >= 0.3 is 0 Å². The first-order valence-electron chi connectivity index (χ1n) is 11.3. The van der Waals surface area contributed by atoms with E-state index in [4.69, 9.17) is 26.4 Å². The van der Waals surface area contributed by atoms with Crippen LogP contribution in [0.2, 0.25) is 5.02 Å². The summed E-state index contributed by atoms with van der Waals surface area (Å²) in [6, 6.07) is 18.3. The molecule has 2 aromatic carbocycles. The Morgan fingerprint density at radius 2 is 1.73 bits per heavy atom. The molecule has 2 aromatic heterocycles. The standard InChI is InChI=1S/C26H28ClN5O/c1-18-15-24(32-26(28-18)25(19(2)29-32)20-7-5-4-6-8-20)31-13-11-30(12-14-31)17-21-16-22(27)9-10-23(21)33-3/h4-10,15-16H,11-14,17H2,1-3H3. The normalized spacial score (nSPS) is 14.7. The van der Waals surface area contributed by atoms with Crippen molar-refractivity contribution >= 4 is 23.1 Å². The van der Waals surface area contributed by atoms with Crippen molar-refractivity contribution < 1.29 is 4.74 Å². The number of rotatable bonds is 5. The number of aromatic nitrogens is 3. The predicted molar refractivity (Wildman–Crippen MR) is 133 cm³/mol. The average molecular weight is 462 g/mol. The minimum Gasteiger partial charge on any atom is -0.496 e. The smallest absolute Gasteiger partial charge is 0.165 e. The van der Waals surface area contributed by atoms with E-state index < -0.39 is 0 Å². The van der Waals surface area contributed by atoms with E-state index in [-0.39, 0.29) is 0 Å². The first-order chi connectivity index (χ1) is 16.0. The number of fused-ring (bicyclic) bond motifs is 1. The molecule has 0 aliphatic carbocycles. The first-order valence-corrected chi connectivity index (χ1v) is 11.6. The van der Waals surface area contributed by atoms with Crippen molar-refractivity contribution in [3.63, 3.8) is 0 Å². The molecule has 0 N–H and O–H groups in total. The number of hydrogen-bond donors (Lipinski definition) is 0. The average Bonchev–Trinajstić information content (AvgIpc) is 3.15. The maximum Gasteiger partial charge on any atom is 0.165 e. The molecule has 0 saturated carbocycles. The number of ether oxygens (including phenoxy) is 1. The van der Waals surface area contributed by atoms with Crippen molar-refractivity contribution in [1.29, 1.82) is 0 Å². The highest BCUT2D eigenvalue weighted by Gasteiger charge is 2.23. The molecule has 0 radical (unpaired) electrons. The second-order valence-electron chi connectivity index (χ2n) is 8.54. The molecule has 1 aliphatic rings. The number of anilines is 1. The molecule has 0 atom stereocenters. The van der Waals surface area contributed by atoms with Gasteiger partial charge in [0.2, 0.25) is 0 Å². The quantitative estimate of drug-likeness (QED) is 0.418. The number of nitrogens with zero attached hydrogens (tertiary/aromatic N) is 5. The van der Waals surface area contributed by atoms with Gasteiger partial charge in [0.15, 0.2) is 5.65 Å². The number of aryl methyl sites for hydroxylation is 2. The van der Waals surface area contributed by atoms with E-state index in [0.717, 1.165) is 83.0 Å². The third-order valence-electron chi connectivity index (χ3n) is 6.27. The van der Waals surface area contributed by atoms with Crippen LogP contribution in [0.25, 0.3) is 16.8 Å². The van der Waals surface area contributed by atoms with E-state index in [1.54, 1.807) is 7.11 Å². The van der Waals surface area contributed by atoms with E-state index in [2.05, 4.69) is 54.0 Å². The Kier molecular flexibility index (Phi) is 5.96. The van der Waals surface area contributed by atoms with Crippen LogP contribution >= 0.6 is 11.6 Å². The number of benzene rings is 2. The summed E-state index contributed by atoms with van der Waals surface area (Å²) in [4.78, 5) is 9.72. The van der Waals surface area contributed by atoms with Crippen LogP contribution in [0.5, 0.6) is 5.75 Å². The van der Waals surface area contributed by atoms with Gasteiger partial charge in [0.05, 0.1) is 12.8 Å². The molecule has 4 aromatic rings. The van der Waals surface area contributed by atoms with Crippen LogP contribution in [-0.2, 0) is 6.54 Å². The Balaban J connectivity index is 1.40. The summed E-state index contributed by atoms with van der Waals surface area (Å²) < 4.78 is 7.54. The van der Waals surface area contributed by atoms with Crippen molar-refractivity contribution in [3.8, 4) is 16.9 Å².